The van der Waals surface area contributed by atoms with Crippen LogP contribution in [-0.2, 0) is 6.54 Å². The number of hydrogen-bond acceptors (Lipinski definition) is 2. The molecule has 0 aliphatic heterocycles. The third-order valence-corrected chi connectivity index (χ3v) is 3.34. The van der Waals surface area contributed by atoms with Gasteiger partial charge in [-0.2, -0.15) is 0 Å². The normalized spacial score (nSPS) is 14.1. The van der Waals surface area contributed by atoms with Crippen LogP contribution < -0.4 is 5.32 Å². The summed E-state index contributed by atoms with van der Waals surface area (Å²) in [5.41, 5.74) is 2.60. The molecule has 0 radical (unpaired) electrons. The Bertz CT molecular complexity index is 339. The Morgan fingerprint density at radius 2 is 2.06 bits per heavy atom. The molecule has 1 aromatic heterocycles. The van der Waals surface area contributed by atoms with Crippen LogP contribution in [-0.4, -0.2) is 21.1 Å². The molecule has 3 heteroatoms. The molecule has 0 amide bonds. The van der Waals surface area contributed by atoms with Crippen molar-refractivity contribution in [3.8, 4) is 0 Å². The third kappa shape index (κ3) is 3.34. The van der Waals surface area contributed by atoms with Crippen molar-refractivity contribution in [2.75, 3.05) is 0 Å². The molecule has 0 saturated carbocycles. The predicted octanol–water partition coefficient (Wildman–Crippen LogP) is 2.67. The van der Waals surface area contributed by atoms with Crippen LogP contribution in [0.5, 0.6) is 0 Å². The summed E-state index contributed by atoms with van der Waals surface area (Å²) in [4.78, 5) is 4.32. The summed E-state index contributed by atoms with van der Waals surface area (Å²) in [7, 11) is 0. The van der Waals surface area contributed by atoms with Gasteiger partial charge in [0, 0.05) is 23.8 Å². The van der Waals surface area contributed by atoms with Crippen molar-refractivity contribution >= 4 is 0 Å². The fourth-order valence-electron chi connectivity index (χ4n) is 1.84. The van der Waals surface area contributed by atoms with Crippen molar-refractivity contribution < 1.29 is 0 Å². The highest BCUT2D eigenvalue weighted by Gasteiger charge is 2.17. The maximum Gasteiger partial charge on any atom is 0.0951 e. The summed E-state index contributed by atoms with van der Waals surface area (Å²) < 4.78 is 2.22. The van der Waals surface area contributed by atoms with Gasteiger partial charge in [-0.3, -0.25) is 0 Å². The van der Waals surface area contributed by atoms with E-state index in [1.807, 2.05) is 6.33 Å². The Balaban J connectivity index is 2.58. The standard InChI is InChI=1S/C13H25N3/c1-7-13(5,6)15-10(2)8-16-9-14-11(3)12(16)4/h9-10,15H,7-8H2,1-6H3. The van der Waals surface area contributed by atoms with E-state index in [9.17, 15) is 0 Å². The van der Waals surface area contributed by atoms with Gasteiger partial charge in [0.15, 0.2) is 0 Å². The van der Waals surface area contributed by atoms with Crippen LogP contribution in [0.3, 0.4) is 0 Å². The molecule has 1 heterocycles. The maximum absolute atomic E-state index is 4.32. The molecular formula is C13H25N3. The average molecular weight is 223 g/mol. The second kappa shape index (κ2) is 5.00. The maximum atomic E-state index is 4.32. The second-order valence-electron chi connectivity index (χ2n) is 5.35. The number of aryl methyl sites for hydroxylation is 1. The van der Waals surface area contributed by atoms with E-state index in [-0.39, 0.29) is 5.54 Å². The van der Waals surface area contributed by atoms with Crippen LogP contribution >= 0.6 is 0 Å². The summed E-state index contributed by atoms with van der Waals surface area (Å²) in [6.07, 6.45) is 3.07. The number of rotatable bonds is 5. The molecule has 3 nitrogen and oxygen atoms in total. The Labute approximate surface area is 99.3 Å². The lowest BCUT2D eigenvalue weighted by Crippen LogP contribution is -2.45. The third-order valence-electron chi connectivity index (χ3n) is 3.34. The number of hydrogen-bond donors (Lipinski definition) is 1. The molecule has 16 heavy (non-hydrogen) atoms. The van der Waals surface area contributed by atoms with E-state index in [1.165, 1.54) is 5.69 Å². The van der Waals surface area contributed by atoms with Crippen LogP contribution in [0.4, 0.5) is 0 Å². The van der Waals surface area contributed by atoms with E-state index < -0.39 is 0 Å². The average Bonchev–Trinajstić information content (AvgIpc) is 2.49. The first kappa shape index (κ1) is 13.2. The number of imidazole rings is 1. The summed E-state index contributed by atoms with van der Waals surface area (Å²) in [6.45, 7) is 14.1. The van der Waals surface area contributed by atoms with E-state index >= 15 is 0 Å². The first-order valence-corrected chi connectivity index (χ1v) is 6.11. The van der Waals surface area contributed by atoms with Gasteiger partial charge < -0.3 is 9.88 Å². The Morgan fingerprint density at radius 3 is 2.50 bits per heavy atom. The quantitative estimate of drug-likeness (QED) is 0.831. The van der Waals surface area contributed by atoms with Crippen molar-refractivity contribution in [1.29, 1.82) is 0 Å². The molecule has 0 bridgehead atoms. The van der Waals surface area contributed by atoms with Crippen LogP contribution in [0.1, 0.15) is 45.5 Å². The molecule has 1 aromatic rings. The van der Waals surface area contributed by atoms with E-state index in [4.69, 9.17) is 0 Å². The van der Waals surface area contributed by atoms with Gasteiger partial charge in [-0.25, -0.2) is 4.98 Å². The number of nitrogens with zero attached hydrogens (tertiary/aromatic N) is 2. The van der Waals surface area contributed by atoms with E-state index in [0.717, 1.165) is 18.7 Å². The van der Waals surface area contributed by atoms with Crippen molar-refractivity contribution in [1.82, 2.24) is 14.9 Å². The molecule has 0 aliphatic carbocycles. The van der Waals surface area contributed by atoms with Gasteiger partial charge in [-0.1, -0.05) is 6.92 Å². The molecule has 0 saturated heterocycles. The zero-order valence-corrected chi connectivity index (χ0v) is 11.5. The van der Waals surface area contributed by atoms with Gasteiger partial charge in [-0.15, -0.1) is 0 Å². The van der Waals surface area contributed by atoms with Crippen molar-refractivity contribution in [3.05, 3.63) is 17.7 Å². The van der Waals surface area contributed by atoms with Gasteiger partial charge in [-0.05, 0) is 41.0 Å². The molecule has 92 valence electrons. The molecular weight excluding hydrogens is 198 g/mol. The molecule has 0 aliphatic rings. The highest BCUT2D eigenvalue weighted by molar-refractivity contribution is 5.08. The minimum absolute atomic E-state index is 0.211. The lowest BCUT2D eigenvalue weighted by Gasteiger charge is -2.29. The fourth-order valence-corrected chi connectivity index (χ4v) is 1.84. The van der Waals surface area contributed by atoms with Crippen molar-refractivity contribution in [3.63, 3.8) is 0 Å². The van der Waals surface area contributed by atoms with E-state index in [0.29, 0.717) is 6.04 Å². The van der Waals surface area contributed by atoms with Gasteiger partial charge >= 0.3 is 0 Å². The highest BCUT2D eigenvalue weighted by Crippen LogP contribution is 2.10. The summed E-state index contributed by atoms with van der Waals surface area (Å²) in [5.74, 6) is 0. The van der Waals surface area contributed by atoms with Crippen LogP contribution in [0.2, 0.25) is 0 Å². The summed E-state index contributed by atoms with van der Waals surface area (Å²) >= 11 is 0. The SMILES string of the molecule is CCC(C)(C)NC(C)Cn1cnc(C)c1C. The van der Waals surface area contributed by atoms with E-state index in [2.05, 4.69) is 56.4 Å². The molecule has 1 atom stereocenters. The molecule has 0 aromatic carbocycles. The predicted molar refractivity (Wildman–Crippen MR) is 68.7 cm³/mol. The first-order chi connectivity index (χ1) is 7.35. The Hall–Kier alpha value is -0.830. The largest absolute Gasteiger partial charge is 0.333 e. The second-order valence-corrected chi connectivity index (χ2v) is 5.35. The number of aromatic nitrogens is 2. The van der Waals surface area contributed by atoms with Gasteiger partial charge in [0.05, 0.1) is 12.0 Å². The van der Waals surface area contributed by atoms with Gasteiger partial charge in [0.2, 0.25) is 0 Å². The van der Waals surface area contributed by atoms with Crippen LogP contribution in [0.25, 0.3) is 0 Å². The van der Waals surface area contributed by atoms with E-state index in [1.54, 1.807) is 0 Å². The molecule has 0 fully saturated rings. The zero-order chi connectivity index (χ0) is 12.3. The number of nitrogens with one attached hydrogen (secondary N) is 1. The molecule has 1 rings (SSSR count). The minimum Gasteiger partial charge on any atom is -0.333 e. The molecule has 1 N–H and O–H groups in total. The van der Waals surface area contributed by atoms with Crippen LogP contribution in [0.15, 0.2) is 6.33 Å². The van der Waals surface area contributed by atoms with Crippen molar-refractivity contribution in [2.45, 2.75) is 66.1 Å². The lowest BCUT2D eigenvalue weighted by molar-refractivity contribution is 0.314. The lowest BCUT2D eigenvalue weighted by atomic mass is 10.0. The van der Waals surface area contributed by atoms with Gasteiger partial charge in [0.1, 0.15) is 0 Å². The first-order valence-electron chi connectivity index (χ1n) is 6.11. The monoisotopic (exact) mass is 223 g/mol. The zero-order valence-electron chi connectivity index (χ0n) is 11.5. The smallest absolute Gasteiger partial charge is 0.0951 e. The Morgan fingerprint density at radius 1 is 1.44 bits per heavy atom. The Kier molecular flexibility index (Phi) is 4.14. The topological polar surface area (TPSA) is 29.9 Å². The van der Waals surface area contributed by atoms with Crippen molar-refractivity contribution in [2.24, 2.45) is 0 Å². The fraction of sp³-hybridized carbons (Fsp3) is 0.769. The van der Waals surface area contributed by atoms with Crippen LogP contribution in [0, 0.1) is 13.8 Å². The summed E-state index contributed by atoms with van der Waals surface area (Å²) in [5, 5.41) is 3.64. The summed E-state index contributed by atoms with van der Waals surface area (Å²) in [6, 6.07) is 0.460. The molecule has 1 unspecified atom stereocenters. The molecule has 0 spiro atoms. The highest BCUT2D eigenvalue weighted by atomic mass is 15.1. The minimum atomic E-state index is 0.211. The van der Waals surface area contributed by atoms with Gasteiger partial charge in [0.25, 0.3) is 0 Å².